The second kappa shape index (κ2) is 4.21. The van der Waals surface area contributed by atoms with Gasteiger partial charge in [0.05, 0.1) is 12.7 Å². The monoisotopic (exact) mass is 199 g/mol. The summed E-state index contributed by atoms with van der Waals surface area (Å²) in [7, 11) is 0. The van der Waals surface area contributed by atoms with Crippen molar-refractivity contribution in [1.29, 1.82) is 0 Å². The summed E-state index contributed by atoms with van der Waals surface area (Å²) in [5.41, 5.74) is 5.28. The molecular weight excluding hydrogens is 190 g/mol. The molecule has 0 aliphatic carbocycles. The molecule has 0 spiro atoms. The number of urea groups is 1. The van der Waals surface area contributed by atoms with Gasteiger partial charge in [0.2, 0.25) is 0 Å². The highest BCUT2D eigenvalue weighted by Crippen LogP contribution is 1.91. The summed E-state index contributed by atoms with van der Waals surface area (Å²) in [6.45, 7) is -0.126. The second-order valence-corrected chi connectivity index (χ2v) is 2.52. The first kappa shape index (κ1) is 9.96. The van der Waals surface area contributed by atoms with Gasteiger partial charge in [0, 0.05) is 0 Å². The van der Waals surface area contributed by atoms with Crippen LogP contribution in [-0.4, -0.2) is 32.1 Å². The number of rotatable bonds is 4. The number of nitrogens with one attached hydrogen (secondary N) is 1. The van der Waals surface area contributed by atoms with Crippen molar-refractivity contribution in [3.8, 4) is 0 Å². The Hall–Kier alpha value is -2.12. The van der Waals surface area contributed by atoms with Crippen LogP contribution in [-0.2, 0) is 17.9 Å². The molecule has 0 saturated heterocycles. The minimum absolute atomic E-state index is 0.134. The van der Waals surface area contributed by atoms with E-state index in [4.69, 9.17) is 10.8 Å². The fourth-order valence-electron chi connectivity index (χ4n) is 0.813. The molecule has 0 unspecified atom stereocenters. The minimum Gasteiger partial charge on any atom is -0.480 e. The van der Waals surface area contributed by atoms with Gasteiger partial charge in [-0.05, 0) is 0 Å². The molecule has 0 bridgehead atoms. The Balaban J connectivity index is 2.50. The van der Waals surface area contributed by atoms with Crippen molar-refractivity contribution in [2.75, 3.05) is 0 Å². The first-order chi connectivity index (χ1) is 6.58. The van der Waals surface area contributed by atoms with Crippen LogP contribution in [0, 0.1) is 0 Å². The van der Waals surface area contributed by atoms with Crippen molar-refractivity contribution in [3.05, 3.63) is 11.9 Å². The Morgan fingerprint density at radius 2 is 2.36 bits per heavy atom. The Morgan fingerprint density at radius 1 is 1.64 bits per heavy atom. The molecule has 14 heavy (non-hydrogen) atoms. The Bertz CT molecular complexity index is 347. The van der Waals surface area contributed by atoms with Crippen LogP contribution in [0.1, 0.15) is 5.69 Å². The number of hydrogen-bond donors (Lipinski definition) is 3. The van der Waals surface area contributed by atoms with Crippen molar-refractivity contribution in [2.45, 2.75) is 13.1 Å². The molecule has 0 aliphatic heterocycles. The lowest BCUT2D eigenvalue weighted by Crippen LogP contribution is -2.28. The molecule has 76 valence electrons. The predicted octanol–water partition coefficient (Wildman–Crippen LogP) is -1.47. The smallest absolute Gasteiger partial charge is 0.325 e. The van der Waals surface area contributed by atoms with Crippen molar-refractivity contribution in [2.24, 2.45) is 5.73 Å². The van der Waals surface area contributed by atoms with Gasteiger partial charge in [0.25, 0.3) is 0 Å². The SMILES string of the molecule is NC(=O)NCc1cn(CC(=O)O)nn1. The summed E-state index contributed by atoms with van der Waals surface area (Å²) in [5.74, 6) is -1.01. The molecular formula is C6H9N5O3. The lowest BCUT2D eigenvalue weighted by molar-refractivity contribution is -0.137. The van der Waals surface area contributed by atoms with Crippen LogP contribution in [0.15, 0.2) is 6.20 Å². The minimum atomic E-state index is -1.01. The van der Waals surface area contributed by atoms with Gasteiger partial charge in [-0.1, -0.05) is 5.21 Å². The number of aromatic nitrogens is 3. The lowest BCUT2D eigenvalue weighted by atomic mass is 10.5. The van der Waals surface area contributed by atoms with Gasteiger partial charge < -0.3 is 16.2 Å². The Morgan fingerprint density at radius 3 is 2.93 bits per heavy atom. The largest absolute Gasteiger partial charge is 0.480 e. The van der Waals surface area contributed by atoms with Crippen LogP contribution in [0.3, 0.4) is 0 Å². The van der Waals surface area contributed by atoms with Gasteiger partial charge >= 0.3 is 12.0 Å². The number of carboxylic acids is 1. The van der Waals surface area contributed by atoms with Crippen LogP contribution in [0.4, 0.5) is 4.79 Å². The molecule has 0 fully saturated rings. The van der Waals surface area contributed by atoms with E-state index in [-0.39, 0.29) is 13.1 Å². The molecule has 0 radical (unpaired) electrons. The number of nitrogens with zero attached hydrogens (tertiary/aromatic N) is 3. The average molecular weight is 199 g/mol. The van der Waals surface area contributed by atoms with Crippen LogP contribution in [0.25, 0.3) is 0 Å². The van der Waals surface area contributed by atoms with Crippen molar-refractivity contribution >= 4 is 12.0 Å². The molecule has 0 saturated carbocycles. The van der Waals surface area contributed by atoms with Crippen LogP contribution in [0.5, 0.6) is 0 Å². The highest BCUT2D eigenvalue weighted by Gasteiger charge is 2.04. The third kappa shape index (κ3) is 3.09. The van der Waals surface area contributed by atoms with Gasteiger partial charge in [-0.2, -0.15) is 0 Å². The first-order valence-corrected chi connectivity index (χ1v) is 3.72. The number of hydrogen-bond acceptors (Lipinski definition) is 4. The Labute approximate surface area is 78.7 Å². The zero-order valence-electron chi connectivity index (χ0n) is 7.17. The number of primary amides is 1. The summed E-state index contributed by atoms with van der Waals surface area (Å²) < 4.78 is 1.15. The molecule has 0 atom stereocenters. The van der Waals surface area contributed by atoms with Gasteiger partial charge in [-0.25, -0.2) is 9.48 Å². The third-order valence-corrected chi connectivity index (χ3v) is 1.33. The van der Waals surface area contributed by atoms with Crippen LogP contribution < -0.4 is 11.1 Å². The summed E-state index contributed by atoms with van der Waals surface area (Å²) >= 11 is 0. The molecule has 1 heterocycles. The van der Waals surface area contributed by atoms with E-state index in [0.29, 0.717) is 5.69 Å². The summed E-state index contributed by atoms with van der Waals surface area (Å²) in [6, 6.07) is -0.669. The van der Waals surface area contributed by atoms with E-state index in [2.05, 4.69) is 15.6 Å². The maximum atomic E-state index is 10.3. The van der Waals surface area contributed by atoms with Gasteiger partial charge in [-0.3, -0.25) is 4.79 Å². The molecule has 2 amide bonds. The highest BCUT2D eigenvalue weighted by molar-refractivity contribution is 5.71. The number of nitrogens with two attached hydrogens (primary N) is 1. The molecule has 1 rings (SSSR count). The van der Waals surface area contributed by atoms with Crippen molar-refractivity contribution in [1.82, 2.24) is 20.3 Å². The number of carboxylic acid groups (broad SMARTS) is 1. The first-order valence-electron chi connectivity index (χ1n) is 3.72. The van der Waals surface area contributed by atoms with E-state index in [1.54, 1.807) is 0 Å². The maximum Gasteiger partial charge on any atom is 0.325 e. The topological polar surface area (TPSA) is 123 Å². The van der Waals surface area contributed by atoms with Crippen LogP contribution in [0.2, 0.25) is 0 Å². The van der Waals surface area contributed by atoms with Crippen molar-refractivity contribution in [3.63, 3.8) is 0 Å². The predicted molar refractivity (Wildman–Crippen MR) is 44.1 cm³/mol. The fourth-order valence-corrected chi connectivity index (χ4v) is 0.813. The molecule has 1 aromatic rings. The lowest BCUT2D eigenvalue weighted by Gasteiger charge is -1.95. The number of carbonyl (C=O) groups excluding carboxylic acids is 1. The zero-order valence-corrected chi connectivity index (χ0v) is 7.17. The molecule has 4 N–H and O–H groups in total. The van der Waals surface area contributed by atoms with E-state index in [0.717, 1.165) is 4.68 Å². The molecule has 0 aliphatic rings. The van der Waals surface area contributed by atoms with E-state index in [1.165, 1.54) is 6.20 Å². The fraction of sp³-hybridized carbons (Fsp3) is 0.333. The van der Waals surface area contributed by atoms with Gasteiger partial charge in [0.15, 0.2) is 0 Å². The Kier molecular flexibility index (Phi) is 3.00. The standard InChI is InChI=1S/C6H9N5O3/c7-6(14)8-1-4-2-11(10-9-4)3-5(12)13/h2H,1,3H2,(H,12,13)(H3,7,8,14). The van der Waals surface area contributed by atoms with Gasteiger partial charge in [-0.15, -0.1) is 5.10 Å². The van der Waals surface area contributed by atoms with Crippen molar-refractivity contribution < 1.29 is 14.7 Å². The average Bonchev–Trinajstić information content (AvgIpc) is 2.47. The second-order valence-electron chi connectivity index (χ2n) is 2.52. The highest BCUT2D eigenvalue weighted by atomic mass is 16.4. The van der Waals surface area contributed by atoms with E-state index >= 15 is 0 Å². The zero-order chi connectivity index (χ0) is 10.6. The molecule has 0 aromatic carbocycles. The summed E-state index contributed by atoms with van der Waals surface area (Å²) in [5, 5.41) is 17.9. The third-order valence-electron chi connectivity index (χ3n) is 1.33. The number of aliphatic carboxylic acids is 1. The number of amides is 2. The number of carbonyl (C=O) groups is 2. The normalized spacial score (nSPS) is 9.71. The van der Waals surface area contributed by atoms with Gasteiger partial charge in [0.1, 0.15) is 12.2 Å². The summed E-state index contributed by atoms with van der Waals surface area (Å²) in [4.78, 5) is 20.6. The van der Waals surface area contributed by atoms with E-state index < -0.39 is 12.0 Å². The van der Waals surface area contributed by atoms with Crippen LogP contribution >= 0.6 is 0 Å². The van der Waals surface area contributed by atoms with E-state index in [9.17, 15) is 9.59 Å². The molecule has 8 nitrogen and oxygen atoms in total. The maximum absolute atomic E-state index is 10.3. The summed E-state index contributed by atoms with van der Waals surface area (Å²) in [6.07, 6.45) is 1.42. The molecule has 1 aromatic heterocycles. The van der Waals surface area contributed by atoms with E-state index in [1.807, 2.05) is 0 Å². The quantitative estimate of drug-likeness (QED) is 0.546. The molecule has 8 heteroatoms.